The molecule has 0 spiro atoms. The smallest absolute Gasteiger partial charge is 0.111 e. The molecule has 0 atom stereocenters. The van der Waals surface area contributed by atoms with E-state index in [0.29, 0.717) is 0 Å². The van der Waals surface area contributed by atoms with Crippen LogP contribution < -0.4 is 5.84 Å². The fourth-order valence-corrected chi connectivity index (χ4v) is 0.888. The summed E-state index contributed by atoms with van der Waals surface area (Å²) >= 11 is 0. The fourth-order valence-electron chi connectivity index (χ4n) is 0.888. The summed E-state index contributed by atoms with van der Waals surface area (Å²) in [5, 5.41) is 3.52. The van der Waals surface area contributed by atoms with Gasteiger partial charge < -0.3 is 10.7 Å². The first-order chi connectivity index (χ1) is 5.02. The van der Waals surface area contributed by atoms with Gasteiger partial charge in [0.25, 0.3) is 0 Å². The summed E-state index contributed by atoms with van der Waals surface area (Å²) in [4.78, 5) is 2.13. The van der Waals surface area contributed by atoms with Gasteiger partial charge in [0.15, 0.2) is 0 Å². The number of hydrogen-bond donors (Lipinski definition) is 1. The molecule has 0 aromatic rings. The highest BCUT2D eigenvalue weighted by atomic mass is 15.3. The van der Waals surface area contributed by atoms with Crippen molar-refractivity contribution in [2.75, 3.05) is 6.54 Å². The average Bonchev–Trinajstić information content (AvgIpc) is 1.85. The zero-order chi connectivity index (χ0) is 8.91. The Kier molecular flexibility index (Phi) is 3.93. The van der Waals surface area contributed by atoms with Crippen molar-refractivity contribution in [3.05, 3.63) is 0 Å². The Bertz CT molecular complexity index is 124. The Labute approximate surface area is 69.3 Å². The second kappa shape index (κ2) is 4.21. The van der Waals surface area contributed by atoms with Crippen LogP contribution in [0.25, 0.3) is 0 Å². The van der Waals surface area contributed by atoms with Gasteiger partial charge in [0.05, 0.1) is 0 Å². The van der Waals surface area contributed by atoms with Gasteiger partial charge in [-0.25, -0.2) is 0 Å². The summed E-state index contributed by atoms with van der Waals surface area (Å²) in [6.07, 6.45) is 2.81. The zero-order valence-electron chi connectivity index (χ0n) is 7.96. The lowest BCUT2D eigenvalue weighted by Crippen LogP contribution is -2.41. The third kappa shape index (κ3) is 3.86. The van der Waals surface area contributed by atoms with Crippen LogP contribution in [0.2, 0.25) is 0 Å². The summed E-state index contributed by atoms with van der Waals surface area (Å²) in [6.45, 7) is 9.58. The molecule has 0 aromatic heterocycles. The fraction of sp³-hybridized carbons (Fsp3) is 0.875. The highest BCUT2D eigenvalue weighted by Gasteiger charge is 2.16. The molecule has 0 aliphatic carbocycles. The molecule has 0 radical (unpaired) electrons. The third-order valence-electron chi connectivity index (χ3n) is 1.53. The first-order valence-electron chi connectivity index (χ1n) is 4.02. The van der Waals surface area contributed by atoms with Crippen LogP contribution in [0, 0.1) is 0 Å². The first kappa shape index (κ1) is 10.3. The van der Waals surface area contributed by atoms with Gasteiger partial charge in [-0.3, -0.25) is 0 Å². The Morgan fingerprint density at radius 3 is 2.27 bits per heavy atom. The molecule has 0 amide bonds. The van der Waals surface area contributed by atoms with Crippen molar-refractivity contribution in [3.63, 3.8) is 0 Å². The highest BCUT2D eigenvalue weighted by molar-refractivity contribution is 5.55. The molecule has 0 unspecified atom stereocenters. The molecule has 0 aliphatic heterocycles. The van der Waals surface area contributed by atoms with Crippen molar-refractivity contribution >= 4 is 6.34 Å². The molecule has 11 heavy (non-hydrogen) atoms. The van der Waals surface area contributed by atoms with Crippen LogP contribution in [0.5, 0.6) is 0 Å². The molecule has 2 N–H and O–H groups in total. The minimum Gasteiger partial charge on any atom is -0.356 e. The number of rotatable bonds is 3. The summed E-state index contributed by atoms with van der Waals surface area (Å²) in [5.41, 5.74) is 0.124. The van der Waals surface area contributed by atoms with Gasteiger partial charge in [-0.15, -0.1) is 0 Å². The van der Waals surface area contributed by atoms with Crippen LogP contribution >= 0.6 is 0 Å². The predicted octanol–water partition coefficient (Wildman–Crippen LogP) is 1.40. The van der Waals surface area contributed by atoms with Gasteiger partial charge in [-0.05, 0) is 27.2 Å². The monoisotopic (exact) mass is 157 g/mol. The van der Waals surface area contributed by atoms with Gasteiger partial charge in [0.1, 0.15) is 6.34 Å². The van der Waals surface area contributed by atoms with Crippen molar-refractivity contribution in [3.8, 4) is 0 Å². The number of nitrogens with zero attached hydrogens (tertiary/aromatic N) is 2. The lowest BCUT2D eigenvalue weighted by molar-refractivity contribution is 0.244. The molecular weight excluding hydrogens is 138 g/mol. The number of hydrazone groups is 1. The van der Waals surface area contributed by atoms with E-state index in [0.717, 1.165) is 13.0 Å². The lowest BCUT2D eigenvalue weighted by Gasteiger charge is -2.33. The summed E-state index contributed by atoms with van der Waals surface area (Å²) in [5.74, 6) is 5.08. The van der Waals surface area contributed by atoms with Crippen molar-refractivity contribution in [2.45, 2.75) is 39.7 Å². The number of hydrogen-bond acceptors (Lipinski definition) is 2. The maximum absolute atomic E-state index is 5.08. The van der Waals surface area contributed by atoms with Crippen LogP contribution in [0.1, 0.15) is 34.1 Å². The summed E-state index contributed by atoms with van der Waals surface area (Å²) < 4.78 is 0. The molecule has 0 fully saturated rings. The minimum absolute atomic E-state index is 0.124. The van der Waals surface area contributed by atoms with Crippen molar-refractivity contribution in [1.82, 2.24) is 4.90 Å². The molecule has 0 saturated carbocycles. The van der Waals surface area contributed by atoms with E-state index < -0.39 is 0 Å². The molecule has 3 heteroatoms. The SMILES string of the molecule is CCCN(/C=N\N)C(C)(C)C. The third-order valence-corrected chi connectivity index (χ3v) is 1.53. The molecule has 0 rings (SSSR count). The van der Waals surface area contributed by atoms with E-state index in [1.54, 1.807) is 6.34 Å². The quantitative estimate of drug-likeness (QED) is 0.291. The largest absolute Gasteiger partial charge is 0.356 e. The molecule has 0 aliphatic rings. The van der Waals surface area contributed by atoms with Crippen LogP contribution in [-0.4, -0.2) is 23.3 Å². The second-order valence-electron chi connectivity index (χ2n) is 3.63. The van der Waals surface area contributed by atoms with Crippen LogP contribution in [0.4, 0.5) is 0 Å². The standard InChI is InChI=1S/C8H19N3/c1-5-6-11(7-10-9)8(2,3)4/h7H,5-6,9H2,1-4H3/b10-7-. The van der Waals surface area contributed by atoms with Crippen molar-refractivity contribution in [2.24, 2.45) is 10.9 Å². The lowest BCUT2D eigenvalue weighted by atomic mass is 10.1. The van der Waals surface area contributed by atoms with Gasteiger partial charge in [-0.1, -0.05) is 6.92 Å². The first-order valence-corrected chi connectivity index (χ1v) is 4.02. The highest BCUT2D eigenvalue weighted by Crippen LogP contribution is 2.10. The Hall–Kier alpha value is -0.730. The van der Waals surface area contributed by atoms with Crippen molar-refractivity contribution in [1.29, 1.82) is 0 Å². The molecule has 3 nitrogen and oxygen atoms in total. The number of nitrogens with two attached hydrogens (primary N) is 1. The van der Waals surface area contributed by atoms with Gasteiger partial charge in [0, 0.05) is 12.1 Å². The van der Waals surface area contributed by atoms with E-state index >= 15 is 0 Å². The second-order valence-corrected chi connectivity index (χ2v) is 3.63. The average molecular weight is 157 g/mol. The topological polar surface area (TPSA) is 41.6 Å². The Morgan fingerprint density at radius 1 is 1.45 bits per heavy atom. The van der Waals surface area contributed by atoms with E-state index in [9.17, 15) is 0 Å². The maximum atomic E-state index is 5.08. The van der Waals surface area contributed by atoms with E-state index in [2.05, 4.69) is 37.7 Å². The van der Waals surface area contributed by atoms with Gasteiger partial charge >= 0.3 is 0 Å². The molecule has 0 aromatic carbocycles. The maximum Gasteiger partial charge on any atom is 0.111 e. The van der Waals surface area contributed by atoms with E-state index in [1.807, 2.05) is 0 Å². The molecule has 66 valence electrons. The van der Waals surface area contributed by atoms with Crippen LogP contribution in [-0.2, 0) is 0 Å². The van der Waals surface area contributed by atoms with E-state index in [-0.39, 0.29) is 5.54 Å². The van der Waals surface area contributed by atoms with Crippen LogP contribution in [0.15, 0.2) is 5.10 Å². The zero-order valence-corrected chi connectivity index (χ0v) is 7.96. The summed E-state index contributed by atoms with van der Waals surface area (Å²) in [7, 11) is 0. The normalized spacial score (nSPS) is 12.4. The van der Waals surface area contributed by atoms with E-state index in [1.165, 1.54) is 0 Å². The van der Waals surface area contributed by atoms with E-state index in [4.69, 9.17) is 5.84 Å². The molecule has 0 bridgehead atoms. The molecule has 0 heterocycles. The molecular formula is C8H19N3. The summed E-state index contributed by atoms with van der Waals surface area (Å²) in [6, 6.07) is 0. The van der Waals surface area contributed by atoms with Crippen LogP contribution in [0.3, 0.4) is 0 Å². The van der Waals surface area contributed by atoms with Crippen molar-refractivity contribution < 1.29 is 0 Å². The Balaban J connectivity index is 4.10. The predicted molar refractivity (Wildman–Crippen MR) is 49.4 cm³/mol. The molecule has 0 saturated heterocycles. The Morgan fingerprint density at radius 2 is 2.00 bits per heavy atom. The van der Waals surface area contributed by atoms with Gasteiger partial charge in [0.2, 0.25) is 0 Å². The van der Waals surface area contributed by atoms with Gasteiger partial charge in [-0.2, -0.15) is 5.10 Å². The minimum atomic E-state index is 0.124.